The smallest absolute Gasteiger partial charge is 0.416 e. The Labute approximate surface area is 124 Å². The van der Waals surface area contributed by atoms with E-state index in [-0.39, 0.29) is 18.0 Å². The van der Waals surface area contributed by atoms with Gasteiger partial charge in [0.2, 0.25) is 5.91 Å². The van der Waals surface area contributed by atoms with Gasteiger partial charge in [-0.25, -0.2) is 9.97 Å². The van der Waals surface area contributed by atoms with Gasteiger partial charge >= 0.3 is 12.2 Å². The highest BCUT2D eigenvalue weighted by molar-refractivity contribution is 5.91. The number of rotatable bonds is 4. The van der Waals surface area contributed by atoms with Crippen molar-refractivity contribution in [1.29, 1.82) is 0 Å². The summed E-state index contributed by atoms with van der Waals surface area (Å²) in [4.78, 5) is 19.4. The maximum atomic E-state index is 12.6. The van der Waals surface area contributed by atoms with Crippen molar-refractivity contribution in [2.45, 2.75) is 12.6 Å². The summed E-state index contributed by atoms with van der Waals surface area (Å²) in [7, 11) is 1.40. The first-order valence-corrected chi connectivity index (χ1v) is 6.20. The molecule has 1 aromatic heterocycles. The molecule has 1 heterocycles. The summed E-state index contributed by atoms with van der Waals surface area (Å²) in [6.07, 6.45) is -1.93. The van der Waals surface area contributed by atoms with Crippen molar-refractivity contribution in [3.05, 3.63) is 47.8 Å². The summed E-state index contributed by atoms with van der Waals surface area (Å²) in [6.45, 7) is 0. The summed E-state index contributed by atoms with van der Waals surface area (Å²) in [5.41, 5.74) is -0.190. The number of hydrogen-bond acceptors (Lipinski definition) is 4. The molecule has 22 heavy (non-hydrogen) atoms. The van der Waals surface area contributed by atoms with E-state index in [1.807, 2.05) is 0 Å². The molecule has 116 valence electrons. The maximum absolute atomic E-state index is 12.6. The largest absolute Gasteiger partial charge is 0.467 e. The number of alkyl halides is 3. The second kappa shape index (κ2) is 6.42. The topological polar surface area (TPSA) is 64.1 Å². The molecule has 0 bridgehead atoms. The highest BCUT2D eigenvalue weighted by atomic mass is 19.4. The van der Waals surface area contributed by atoms with Crippen LogP contribution in [0.3, 0.4) is 0 Å². The molecule has 1 aromatic carbocycles. The van der Waals surface area contributed by atoms with E-state index in [1.54, 1.807) is 0 Å². The molecule has 0 radical (unpaired) electrons. The molecule has 1 N–H and O–H groups in total. The molecule has 0 aliphatic rings. The minimum atomic E-state index is -4.43. The summed E-state index contributed by atoms with van der Waals surface area (Å²) in [5, 5.41) is 2.50. The average Bonchev–Trinajstić information content (AvgIpc) is 2.47. The molecule has 0 aliphatic carbocycles. The number of anilines is 1. The highest BCUT2D eigenvalue weighted by Gasteiger charge is 2.30. The Morgan fingerprint density at radius 2 is 1.95 bits per heavy atom. The van der Waals surface area contributed by atoms with Crippen molar-refractivity contribution >= 4 is 11.6 Å². The Bertz CT molecular complexity index is 657. The maximum Gasteiger partial charge on any atom is 0.416 e. The van der Waals surface area contributed by atoms with Gasteiger partial charge in [-0.1, -0.05) is 18.2 Å². The van der Waals surface area contributed by atoms with Gasteiger partial charge in [0.25, 0.3) is 0 Å². The molecule has 8 heteroatoms. The number of halogens is 3. The SMILES string of the molecule is COc1ncc(NC(=O)Cc2cccc(C(F)(F)F)c2)cn1. The quantitative estimate of drug-likeness (QED) is 0.943. The van der Waals surface area contributed by atoms with E-state index in [0.717, 1.165) is 12.1 Å². The van der Waals surface area contributed by atoms with Gasteiger partial charge < -0.3 is 10.1 Å². The molecule has 5 nitrogen and oxygen atoms in total. The summed E-state index contributed by atoms with van der Waals surface area (Å²) in [5.74, 6) is -0.465. The Hall–Kier alpha value is -2.64. The van der Waals surface area contributed by atoms with Gasteiger partial charge in [0.05, 0.1) is 37.2 Å². The van der Waals surface area contributed by atoms with Gasteiger partial charge in [-0.05, 0) is 11.6 Å². The van der Waals surface area contributed by atoms with Gasteiger partial charge in [0.1, 0.15) is 0 Å². The predicted octanol–water partition coefficient (Wildman–Crippen LogP) is 2.69. The van der Waals surface area contributed by atoms with Crippen molar-refractivity contribution in [2.24, 2.45) is 0 Å². The van der Waals surface area contributed by atoms with Gasteiger partial charge in [0, 0.05) is 0 Å². The molecule has 2 aromatic rings. The number of hydrogen-bond donors (Lipinski definition) is 1. The van der Waals surface area contributed by atoms with E-state index in [0.29, 0.717) is 5.69 Å². The predicted molar refractivity (Wildman–Crippen MR) is 72.4 cm³/mol. The fourth-order valence-electron chi connectivity index (χ4n) is 1.73. The normalized spacial score (nSPS) is 11.1. The van der Waals surface area contributed by atoms with Crippen molar-refractivity contribution in [1.82, 2.24) is 9.97 Å². The lowest BCUT2D eigenvalue weighted by Crippen LogP contribution is -2.15. The van der Waals surface area contributed by atoms with Gasteiger partial charge in [-0.15, -0.1) is 0 Å². The minimum absolute atomic E-state index is 0.149. The number of nitrogens with one attached hydrogen (secondary N) is 1. The summed E-state index contributed by atoms with van der Waals surface area (Å²) in [6, 6.07) is 4.78. The number of carbonyl (C=O) groups excluding carboxylic acids is 1. The average molecular weight is 311 g/mol. The van der Waals surface area contributed by atoms with Crippen LogP contribution in [0.1, 0.15) is 11.1 Å². The second-order valence-corrected chi connectivity index (χ2v) is 4.38. The first kappa shape index (κ1) is 15.7. The van der Waals surface area contributed by atoms with E-state index in [9.17, 15) is 18.0 Å². The van der Waals surface area contributed by atoms with E-state index in [2.05, 4.69) is 15.3 Å². The summed E-state index contributed by atoms with van der Waals surface area (Å²) >= 11 is 0. The van der Waals surface area contributed by atoms with Crippen LogP contribution in [0.25, 0.3) is 0 Å². The van der Waals surface area contributed by atoms with Crippen LogP contribution in [0.2, 0.25) is 0 Å². The number of benzene rings is 1. The van der Waals surface area contributed by atoms with Crippen molar-refractivity contribution in [2.75, 3.05) is 12.4 Å². The zero-order chi connectivity index (χ0) is 16.2. The molecule has 1 amide bonds. The van der Waals surface area contributed by atoms with Gasteiger partial charge in [-0.2, -0.15) is 13.2 Å². The Morgan fingerprint density at radius 1 is 1.27 bits per heavy atom. The molecule has 0 saturated carbocycles. The van der Waals surface area contributed by atoms with E-state index < -0.39 is 17.6 Å². The van der Waals surface area contributed by atoms with Crippen LogP contribution < -0.4 is 10.1 Å². The van der Waals surface area contributed by atoms with Crippen molar-refractivity contribution in [3.63, 3.8) is 0 Å². The van der Waals surface area contributed by atoms with Gasteiger partial charge in [-0.3, -0.25) is 4.79 Å². The van der Waals surface area contributed by atoms with E-state index in [4.69, 9.17) is 4.74 Å². The number of nitrogens with zero attached hydrogens (tertiary/aromatic N) is 2. The third kappa shape index (κ3) is 4.18. The highest BCUT2D eigenvalue weighted by Crippen LogP contribution is 2.29. The standard InChI is InChI=1S/C14H12F3N3O2/c1-22-13-18-7-11(8-19-13)20-12(21)6-9-3-2-4-10(5-9)14(15,16)17/h2-5,7-8H,6H2,1H3,(H,20,21). The molecular formula is C14H12F3N3O2. The molecule has 0 atom stereocenters. The fraction of sp³-hybridized carbons (Fsp3) is 0.214. The Morgan fingerprint density at radius 3 is 2.55 bits per heavy atom. The number of aromatic nitrogens is 2. The number of ether oxygens (including phenoxy) is 1. The van der Waals surface area contributed by atoms with E-state index >= 15 is 0 Å². The zero-order valence-corrected chi connectivity index (χ0v) is 11.5. The molecule has 2 rings (SSSR count). The van der Waals surface area contributed by atoms with Gasteiger partial charge in [0.15, 0.2) is 0 Å². The van der Waals surface area contributed by atoms with Crippen LogP contribution in [0.5, 0.6) is 6.01 Å². The van der Waals surface area contributed by atoms with Crippen molar-refractivity contribution < 1.29 is 22.7 Å². The molecule has 0 saturated heterocycles. The lowest BCUT2D eigenvalue weighted by Gasteiger charge is -2.09. The number of methoxy groups -OCH3 is 1. The third-order valence-electron chi connectivity index (χ3n) is 2.71. The summed E-state index contributed by atoms with van der Waals surface area (Å²) < 4.78 is 42.6. The molecular weight excluding hydrogens is 299 g/mol. The number of amides is 1. The van der Waals surface area contributed by atoms with Crippen LogP contribution >= 0.6 is 0 Å². The van der Waals surface area contributed by atoms with Crippen LogP contribution in [-0.2, 0) is 17.4 Å². The molecule has 0 aliphatic heterocycles. The first-order chi connectivity index (χ1) is 10.4. The lowest BCUT2D eigenvalue weighted by molar-refractivity contribution is -0.137. The van der Waals surface area contributed by atoms with Crippen LogP contribution in [0, 0.1) is 0 Å². The fourth-order valence-corrected chi connectivity index (χ4v) is 1.73. The second-order valence-electron chi connectivity index (χ2n) is 4.38. The molecule has 0 spiro atoms. The first-order valence-electron chi connectivity index (χ1n) is 6.20. The zero-order valence-electron chi connectivity index (χ0n) is 11.5. The molecule has 0 fully saturated rings. The Kier molecular flexibility index (Phi) is 4.59. The van der Waals surface area contributed by atoms with Crippen LogP contribution in [0.4, 0.5) is 18.9 Å². The lowest BCUT2D eigenvalue weighted by atomic mass is 10.1. The van der Waals surface area contributed by atoms with E-state index in [1.165, 1.54) is 31.6 Å². The number of carbonyl (C=O) groups is 1. The van der Waals surface area contributed by atoms with Crippen LogP contribution in [0.15, 0.2) is 36.7 Å². The Balaban J connectivity index is 2.02. The third-order valence-corrected chi connectivity index (χ3v) is 2.71. The monoisotopic (exact) mass is 311 g/mol. The van der Waals surface area contributed by atoms with Crippen LogP contribution in [-0.4, -0.2) is 23.0 Å². The minimum Gasteiger partial charge on any atom is -0.467 e. The molecule has 0 unspecified atom stereocenters. The van der Waals surface area contributed by atoms with Crippen molar-refractivity contribution in [3.8, 4) is 6.01 Å².